The van der Waals surface area contributed by atoms with Crippen LogP contribution >= 0.6 is 37.2 Å². The van der Waals surface area contributed by atoms with E-state index in [0.29, 0.717) is 39.0 Å². The third-order valence-electron chi connectivity index (χ3n) is 3.54. The molecule has 0 spiro atoms. The standard InChI is InChI=1S/C16H28N4O3.3ClH/c17-7-1-3-13(19-9-2-8-18)16(23)20-10-6-12-4-5-14(21)15(22)11-12;;;/h4-5,11,13,19,21-22H,1-3,6-10,17-18H2,(H,20,23);3*1H. The number of benzene rings is 1. The first-order chi connectivity index (χ1) is 11.1. The molecule has 0 bridgehead atoms. The third kappa shape index (κ3) is 11.6. The van der Waals surface area contributed by atoms with Gasteiger partial charge in [-0.2, -0.15) is 0 Å². The maximum absolute atomic E-state index is 12.2. The van der Waals surface area contributed by atoms with Gasteiger partial charge in [0.25, 0.3) is 0 Å². The van der Waals surface area contributed by atoms with Gasteiger partial charge in [-0.15, -0.1) is 37.2 Å². The van der Waals surface area contributed by atoms with Crippen LogP contribution in [0.15, 0.2) is 18.2 Å². The molecule has 0 aromatic heterocycles. The number of hydrogen-bond donors (Lipinski definition) is 6. The summed E-state index contributed by atoms with van der Waals surface area (Å²) in [6.45, 7) is 2.30. The summed E-state index contributed by atoms with van der Waals surface area (Å²) < 4.78 is 0. The zero-order valence-corrected chi connectivity index (χ0v) is 17.1. The van der Waals surface area contributed by atoms with Crippen molar-refractivity contribution in [2.24, 2.45) is 11.5 Å². The minimum absolute atomic E-state index is 0. The van der Waals surface area contributed by atoms with Gasteiger partial charge in [-0.25, -0.2) is 0 Å². The molecule has 8 N–H and O–H groups in total. The highest BCUT2D eigenvalue weighted by molar-refractivity contribution is 5.86. The molecule has 1 aromatic carbocycles. The van der Waals surface area contributed by atoms with Crippen LogP contribution in [-0.2, 0) is 11.2 Å². The van der Waals surface area contributed by atoms with Crippen LogP contribution in [0.4, 0.5) is 0 Å². The molecule has 0 radical (unpaired) electrons. The molecule has 26 heavy (non-hydrogen) atoms. The predicted molar refractivity (Wildman–Crippen MR) is 112 cm³/mol. The second kappa shape index (κ2) is 17.5. The lowest BCUT2D eigenvalue weighted by Gasteiger charge is -2.18. The van der Waals surface area contributed by atoms with Crippen LogP contribution < -0.4 is 22.1 Å². The van der Waals surface area contributed by atoms with E-state index in [9.17, 15) is 15.0 Å². The number of phenols is 2. The first-order valence-corrected chi connectivity index (χ1v) is 8.00. The van der Waals surface area contributed by atoms with Gasteiger partial charge in [-0.1, -0.05) is 6.07 Å². The average molecular weight is 434 g/mol. The Morgan fingerprint density at radius 3 is 2.23 bits per heavy atom. The number of hydrogen-bond acceptors (Lipinski definition) is 6. The van der Waals surface area contributed by atoms with E-state index in [1.54, 1.807) is 6.07 Å². The van der Waals surface area contributed by atoms with Gasteiger partial charge in [0.15, 0.2) is 11.5 Å². The van der Waals surface area contributed by atoms with Crippen LogP contribution in [0.3, 0.4) is 0 Å². The van der Waals surface area contributed by atoms with Crippen LogP contribution in [-0.4, -0.2) is 48.3 Å². The number of nitrogens with two attached hydrogens (primary N) is 2. The van der Waals surface area contributed by atoms with Gasteiger partial charge in [0.2, 0.25) is 5.91 Å². The Morgan fingerprint density at radius 2 is 1.65 bits per heavy atom. The van der Waals surface area contributed by atoms with E-state index < -0.39 is 0 Å². The van der Waals surface area contributed by atoms with E-state index in [-0.39, 0.29) is 60.7 Å². The molecular weight excluding hydrogens is 403 g/mol. The Kier molecular flexibility index (Phi) is 20.0. The Bertz CT molecular complexity index is 496. The summed E-state index contributed by atoms with van der Waals surface area (Å²) in [4.78, 5) is 12.2. The minimum atomic E-state index is -0.265. The molecule has 1 atom stereocenters. The van der Waals surface area contributed by atoms with Crippen molar-refractivity contribution >= 4 is 43.1 Å². The van der Waals surface area contributed by atoms with Crippen LogP contribution in [0.25, 0.3) is 0 Å². The molecule has 0 aliphatic rings. The number of carbonyl (C=O) groups is 1. The zero-order valence-electron chi connectivity index (χ0n) is 14.6. The lowest BCUT2D eigenvalue weighted by molar-refractivity contribution is -0.123. The highest BCUT2D eigenvalue weighted by Gasteiger charge is 2.16. The van der Waals surface area contributed by atoms with Crippen molar-refractivity contribution in [2.45, 2.75) is 31.7 Å². The van der Waals surface area contributed by atoms with Crippen molar-refractivity contribution in [1.29, 1.82) is 0 Å². The summed E-state index contributed by atoms with van der Waals surface area (Å²) in [5, 5.41) is 24.8. The second-order valence-electron chi connectivity index (χ2n) is 5.44. The van der Waals surface area contributed by atoms with Gasteiger partial charge >= 0.3 is 0 Å². The molecule has 1 amide bonds. The molecule has 0 saturated heterocycles. The summed E-state index contributed by atoms with van der Waals surface area (Å²) >= 11 is 0. The predicted octanol–water partition coefficient (Wildman–Crippen LogP) is 1.07. The SMILES string of the molecule is Cl.Cl.Cl.NCCCNC(CCCN)C(=O)NCCc1ccc(O)c(O)c1. The van der Waals surface area contributed by atoms with Crippen molar-refractivity contribution in [3.63, 3.8) is 0 Å². The quantitative estimate of drug-likeness (QED) is 0.228. The monoisotopic (exact) mass is 432 g/mol. The number of aromatic hydroxyl groups is 2. The molecule has 1 aromatic rings. The highest BCUT2D eigenvalue weighted by Crippen LogP contribution is 2.24. The second-order valence-corrected chi connectivity index (χ2v) is 5.44. The molecule has 0 aliphatic carbocycles. The smallest absolute Gasteiger partial charge is 0.237 e. The summed E-state index contributed by atoms with van der Waals surface area (Å²) in [6, 6.07) is 4.38. The minimum Gasteiger partial charge on any atom is -0.504 e. The molecular formula is C16H31Cl3N4O3. The topological polar surface area (TPSA) is 134 Å². The number of carbonyl (C=O) groups excluding carboxylic acids is 1. The fourth-order valence-corrected chi connectivity index (χ4v) is 2.20. The lowest BCUT2D eigenvalue weighted by atomic mass is 10.1. The van der Waals surface area contributed by atoms with E-state index >= 15 is 0 Å². The third-order valence-corrected chi connectivity index (χ3v) is 3.54. The normalized spacial score (nSPS) is 10.7. The molecule has 0 fully saturated rings. The van der Waals surface area contributed by atoms with Gasteiger partial charge in [-0.05, 0) is 63.0 Å². The van der Waals surface area contributed by atoms with Crippen molar-refractivity contribution in [3.8, 4) is 11.5 Å². The van der Waals surface area contributed by atoms with Gasteiger partial charge in [0.05, 0.1) is 6.04 Å². The molecule has 154 valence electrons. The first-order valence-electron chi connectivity index (χ1n) is 8.00. The summed E-state index contributed by atoms with van der Waals surface area (Å²) in [6.07, 6.45) is 2.86. The zero-order chi connectivity index (χ0) is 17.1. The number of amides is 1. The maximum atomic E-state index is 12.2. The molecule has 0 aliphatic heterocycles. The van der Waals surface area contributed by atoms with Crippen molar-refractivity contribution in [2.75, 3.05) is 26.2 Å². The van der Waals surface area contributed by atoms with Crippen LogP contribution in [0.1, 0.15) is 24.8 Å². The van der Waals surface area contributed by atoms with E-state index in [2.05, 4.69) is 10.6 Å². The van der Waals surface area contributed by atoms with Gasteiger partial charge < -0.3 is 32.3 Å². The summed E-state index contributed by atoms with van der Waals surface area (Å²) in [7, 11) is 0. The first kappa shape index (κ1) is 29.8. The Balaban J connectivity index is -0.00000176. The van der Waals surface area contributed by atoms with Crippen LogP contribution in [0.2, 0.25) is 0 Å². The molecule has 0 heterocycles. The fraction of sp³-hybridized carbons (Fsp3) is 0.562. The molecule has 1 unspecified atom stereocenters. The lowest BCUT2D eigenvalue weighted by Crippen LogP contribution is -2.45. The Morgan fingerprint density at radius 1 is 1.00 bits per heavy atom. The summed E-state index contributed by atoms with van der Waals surface area (Å²) in [5.74, 6) is -0.361. The van der Waals surface area contributed by atoms with E-state index in [0.717, 1.165) is 18.4 Å². The van der Waals surface area contributed by atoms with Crippen LogP contribution in [0, 0.1) is 0 Å². The highest BCUT2D eigenvalue weighted by atomic mass is 35.5. The fourth-order valence-electron chi connectivity index (χ4n) is 2.20. The molecule has 1 rings (SSSR count). The van der Waals surface area contributed by atoms with Gasteiger partial charge in [0.1, 0.15) is 0 Å². The number of halogens is 3. The molecule has 10 heteroatoms. The number of phenolic OH excluding ortho intramolecular Hbond substituents is 2. The van der Waals surface area contributed by atoms with Crippen molar-refractivity contribution < 1.29 is 15.0 Å². The van der Waals surface area contributed by atoms with E-state index in [1.807, 2.05) is 0 Å². The molecule has 0 saturated carbocycles. The van der Waals surface area contributed by atoms with E-state index in [4.69, 9.17) is 11.5 Å². The number of rotatable bonds is 11. The van der Waals surface area contributed by atoms with Crippen molar-refractivity contribution in [1.82, 2.24) is 10.6 Å². The van der Waals surface area contributed by atoms with Crippen LogP contribution in [0.5, 0.6) is 11.5 Å². The Labute approximate surface area is 173 Å². The van der Waals surface area contributed by atoms with Gasteiger partial charge in [-0.3, -0.25) is 4.79 Å². The van der Waals surface area contributed by atoms with Gasteiger partial charge in [0, 0.05) is 6.54 Å². The van der Waals surface area contributed by atoms with Crippen molar-refractivity contribution in [3.05, 3.63) is 23.8 Å². The number of nitrogens with one attached hydrogen (secondary N) is 2. The Hall–Kier alpha value is -0.960. The molecule has 7 nitrogen and oxygen atoms in total. The summed E-state index contributed by atoms with van der Waals surface area (Å²) in [5.41, 5.74) is 11.8. The van der Waals surface area contributed by atoms with E-state index in [1.165, 1.54) is 12.1 Å². The largest absolute Gasteiger partial charge is 0.504 e. The maximum Gasteiger partial charge on any atom is 0.237 e. The average Bonchev–Trinajstić information content (AvgIpc) is 2.54.